The highest BCUT2D eigenvalue weighted by Crippen LogP contribution is 2.29. The quantitative estimate of drug-likeness (QED) is 0.350. The summed E-state index contributed by atoms with van der Waals surface area (Å²) in [7, 11) is 0. The predicted octanol–water partition coefficient (Wildman–Crippen LogP) is 5.55. The molecule has 2 aromatic heterocycles. The standard InChI is InChI=1S/C24H30N4O2S/c1-18-9-7-12-20(17-18)28-23(21-13-8-15-30-21)26-27-24(28)31-16-6-5-14-22(29)25-19-10-3-2-4-11-19/h7-9,12-13,15,17,19H,2-6,10-11,14,16H2,1H3,(H,25,29). The number of nitrogens with zero attached hydrogens (tertiary/aromatic N) is 3. The molecule has 1 fully saturated rings. The van der Waals surface area contributed by atoms with E-state index in [0.29, 0.717) is 24.0 Å². The number of aromatic nitrogens is 3. The molecule has 2 heterocycles. The first kappa shape index (κ1) is 21.7. The van der Waals surface area contributed by atoms with Gasteiger partial charge in [0.15, 0.2) is 10.9 Å². The normalized spacial score (nSPS) is 14.6. The molecule has 0 unspecified atom stereocenters. The zero-order chi connectivity index (χ0) is 21.5. The van der Waals surface area contributed by atoms with Crippen LogP contribution in [-0.2, 0) is 4.79 Å². The fraction of sp³-hybridized carbons (Fsp3) is 0.458. The number of carbonyl (C=O) groups is 1. The van der Waals surface area contributed by atoms with Gasteiger partial charge in [0.1, 0.15) is 0 Å². The highest BCUT2D eigenvalue weighted by molar-refractivity contribution is 7.99. The summed E-state index contributed by atoms with van der Waals surface area (Å²) < 4.78 is 7.63. The number of furan rings is 1. The number of amides is 1. The number of hydrogen-bond acceptors (Lipinski definition) is 5. The average Bonchev–Trinajstić information content (AvgIpc) is 3.44. The van der Waals surface area contributed by atoms with E-state index in [-0.39, 0.29) is 5.91 Å². The van der Waals surface area contributed by atoms with E-state index in [9.17, 15) is 4.79 Å². The van der Waals surface area contributed by atoms with E-state index in [1.807, 2.05) is 22.8 Å². The van der Waals surface area contributed by atoms with Crippen molar-refractivity contribution in [3.8, 4) is 17.3 Å². The van der Waals surface area contributed by atoms with Crippen molar-refractivity contribution in [3.63, 3.8) is 0 Å². The Balaban J connectivity index is 1.34. The van der Waals surface area contributed by atoms with Crippen LogP contribution in [0.25, 0.3) is 17.3 Å². The molecule has 1 aromatic carbocycles. The van der Waals surface area contributed by atoms with E-state index in [0.717, 1.165) is 42.3 Å². The van der Waals surface area contributed by atoms with Crippen LogP contribution in [0.4, 0.5) is 0 Å². The minimum atomic E-state index is 0.194. The van der Waals surface area contributed by atoms with Crippen LogP contribution in [0, 0.1) is 6.92 Å². The molecule has 0 bridgehead atoms. The van der Waals surface area contributed by atoms with Crippen LogP contribution >= 0.6 is 11.8 Å². The average molecular weight is 439 g/mol. The van der Waals surface area contributed by atoms with Crippen LogP contribution < -0.4 is 5.32 Å². The van der Waals surface area contributed by atoms with Gasteiger partial charge in [-0.05, 0) is 62.4 Å². The fourth-order valence-corrected chi connectivity index (χ4v) is 4.98. The molecule has 1 aliphatic carbocycles. The van der Waals surface area contributed by atoms with Crippen molar-refractivity contribution in [1.82, 2.24) is 20.1 Å². The molecule has 4 rings (SSSR count). The predicted molar refractivity (Wildman–Crippen MR) is 123 cm³/mol. The summed E-state index contributed by atoms with van der Waals surface area (Å²) >= 11 is 1.67. The molecule has 7 heteroatoms. The van der Waals surface area contributed by atoms with Crippen LogP contribution in [0.1, 0.15) is 56.9 Å². The molecule has 1 amide bonds. The molecule has 164 valence electrons. The van der Waals surface area contributed by atoms with E-state index in [1.54, 1.807) is 18.0 Å². The lowest BCUT2D eigenvalue weighted by Gasteiger charge is -2.22. The number of aryl methyl sites for hydroxylation is 1. The van der Waals surface area contributed by atoms with Gasteiger partial charge in [-0.25, -0.2) is 0 Å². The van der Waals surface area contributed by atoms with Gasteiger partial charge in [-0.2, -0.15) is 0 Å². The van der Waals surface area contributed by atoms with Crippen LogP contribution in [0.2, 0.25) is 0 Å². The summed E-state index contributed by atoms with van der Waals surface area (Å²) in [5.74, 6) is 2.48. The van der Waals surface area contributed by atoms with Gasteiger partial charge in [-0.3, -0.25) is 9.36 Å². The number of nitrogens with one attached hydrogen (secondary N) is 1. The van der Waals surface area contributed by atoms with Gasteiger partial charge in [-0.15, -0.1) is 10.2 Å². The van der Waals surface area contributed by atoms with Crippen molar-refractivity contribution in [2.75, 3.05) is 5.75 Å². The van der Waals surface area contributed by atoms with Crippen LogP contribution in [0.5, 0.6) is 0 Å². The van der Waals surface area contributed by atoms with Crippen LogP contribution in [0.3, 0.4) is 0 Å². The lowest BCUT2D eigenvalue weighted by molar-refractivity contribution is -0.122. The maximum Gasteiger partial charge on any atom is 0.220 e. The van der Waals surface area contributed by atoms with Crippen molar-refractivity contribution in [1.29, 1.82) is 0 Å². The number of benzene rings is 1. The van der Waals surface area contributed by atoms with Crippen LogP contribution in [-0.4, -0.2) is 32.5 Å². The van der Waals surface area contributed by atoms with E-state index in [2.05, 4.69) is 40.6 Å². The van der Waals surface area contributed by atoms with Gasteiger partial charge in [0, 0.05) is 18.2 Å². The maximum absolute atomic E-state index is 12.2. The minimum Gasteiger partial charge on any atom is -0.461 e. The molecular weight excluding hydrogens is 408 g/mol. The van der Waals surface area contributed by atoms with Gasteiger partial charge in [0.05, 0.1) is 12.0 Å². The maximum atomic E-state index is 12.2. The number of rotatable bonds is 9. The second kappa shape index (κ2) is 10.7. The van der Waals surface area contributed by atoms with Gasteiger partial charge in [0.2, 0.25) is 11.7 Å². The van der Waals surface area contributed by atoms with Gasteiger partial charge in [0.25, 0.3) is 0 Å². The van der Waals surface area contributed by atoms with Crippen molar-refractivity contribution in [3.05, 3.63) is 48.2 Å². The Hall–Kier alpha value is -2.54. The van der Waals surface area contributed by atoms with Gasteiger partial charge < -0.3 is 9.73 Å². The Kier molecular flexibility index (Phi) is 7.46. The highest BCUT2D eigenvalue weighted by atomic mass is 32.2. The summed E-state index contributed by atoms with van der Waals surface area (Å²) in [4.78, 5) is 12.2. The largest absolute Gasteiger partial charge is 0.461 e. The first-order chi connectivity index (χ1) is 15.2. The Labute approximate surface area is 187 Å². The minimum absolute atomic E-state index is 0.194. The molecule has 0 aliphatic heterocycles. The van der Waals surface area contributed by atoms with E-state index >= 15 is 0 Å². The molecular formula is C24H30N4O2S. The third kappa shape index (κ3) is 5.79. The SMILES string of the molecule is Cc1cccc(-n2c(SCCCCC(=O)NC3CCCCC3)nnc2-c2ccco2)c1. The molecule has 0 saturated heterocycles. The van der Waals surface area contributed by atoms with Crippen molar-refractivity contribution < 1.29 is 9.21 Å². The number of thioether (sulfide) groups is 1. The molecule has 31 heavy (non-hydrogen) atoms. The summed E-state index contributed by atoms with van der Waals surface area (Å²) in [5, 5.41) is 12.9. The third-order valence-electron chi connectivity index (χ3n) is 5.63. The monoisotopic (exact) mass is 438 g/mol. The molecule has 1 N–H and O–H groups in total. The molecule has 3 aromatic rings. The summed E-state index contributed by atoms with van der Waals surface area (Å²) in [6.07, 6.45) is 10.1. The van der Waals surface area contributed by atoms with Crippen molar-refractivity contribution in [2.45, 2.75) is 69.5 Å². The highest BCUT2D eigenvalue weighted by Gasteiger charge is 2.18. The first-order valence-electron chi connectivity index (χ1n) is 11.2. The van der Waals surface area contributed by atoms with E-state index in [1.165, 1.54) is 24.8 Å². The summed E-state index contributed by atoms with van der Waals surface area (Å²) in [6, 6.07) is 12.4. The second-order valence-electron chi connectivity index (χ2n) is 8.17. The lowest BCUT2D eigenvalue weighted by Crippen LogP contribution is -2.35. The Morgan fingerprint density at radius 3 is 2.81 bits per heavy atom. The van der Waals surface area contributed by atoms with E-state index in [4.69, 9.17) is 4.42 Å². The number of carbonyl (C=O) groups excluding carboxylic acids is 1. The Morgan fingerprint density at radius 2 is 2.03 bits per heavy atom. The fourth-order valence-electron chi connectivity index (χ4n) is 4.03. The van der Waals surface area contributed by atoms with Crippen LogP contribution in [0.15, 0.2) is 52.2 Å². The molecule has 0 atom stereocenters. The zero-order valence-electron chi connectivity index (χ0n) is 18.0. The van der Waals surface area contributed by atoms with Gasteiger partial charge >= 0.3 is 0 Å². The molecule has 0 spiro atoms. The van der Waals surface area contributed by atoms with E-state index < -0.39 is 0 Å². The molecule has 0 radical (unpaired) electrons. The number of unbranched alkanes of at least 4 members (excludes halogenated alkanes) is 1. The summed E-state index contributed by atoms with van der Waals surface area (Å²) in [6.45, 7) is 2.08. The van der Waals surface area contributed by atoms with Gasteiger partial charge in [-0.1, -0.05) is 43.2 Å². The smallest absolute Gasteiger partial charge is 0.220 e. The topological polar surface area (TPSA) is 73.0 Å². The summed E-state index contributed by atoms with van der Waals surface area (Å²) in [5.41, 5.74) is 2.20. The molecule has 1 aliphatic rings. The second-order valence-corrected chi connectivity index (χ2v) is 9.23. The van der Waals surface area contributed by atoms with Crippen molar-refractivity contribution >= 4 is 17.7 Å². The van der Waals surface area contributed by atoms with Crippen molar-refractivity contribution in [2.24, 2.45) is 0 Å². The molecule has 6 nitrogen and oxygen atoms in total. The Bertz CT molecular complexity index is 977. The molecule has 1 saturated carbocycles. The zero-order valence-corrected chi connectivity index (χ0v) is 18.9. The Morgan fingerprint density at radius 1 is 1.16 bits per heavy atom. The number of hydrogen-bond donors (Lipinski definition) is 1. The lowest BCUT2D eigenvalue weighted by atomic mass is 9.95. The third-order valence-corrected chi connectivity index (χ3v) is 6.65. The first-order valence-corrected chi connectivity index (χ1v) is 12.2.